The Morgan fingerprint density at radius 1 is 1.26 bits per heavy atom. The van der Waals surface area contributed by atoms with Gasteiger partial charge < -0.3 is 4.57 Å². The topological polar surface area (TPSA) is 17.8 Å². The zero-order chi connectivity index (χ0) is 17.7. The molecule has 1 aromatic heterocycles. The number of hydrogen-bond donors (Lipinski definition) is 0. The lowest BCUT2D eigenvalue weighted by Gasteiger charge is -2.11. The lowest BCUT2D eigenvalue weighted by atomic mass is 10.1. The van der Waals surface area contributed by atoms with Crippen LogP contribution < -0.4 is 0 Å². The molecule has 128 valence electrons. The van der Waals surface area contributed by atoms with Gasteiger partial charge in [-0.3, -0.25) is 0 Å². The Bertz CT molecular complexity index is 559. The Morgan fingerprint density at radius 2 is 1.96 bits per heavy atom. The van der Waals surface area contributed by atoms with Gasteiger partial charge in [-0.05, 0) is 35.5 Å². The van der Waals surface area contributed by atoms with Gasteiger partial charge in [0.2, 0.25) is 0 Å². The molecule has 0 aromatic carbocycles. The standard InChI is InChI=1S/C15H18N2S2.2C2H6/c1-4-18-11-12(3)13-6-7-15(19-5-2)17-9-8-16-14(17)10-13;2*1-2/h8-11,15H,4-5H2,1-3H3;2*1-2H3/b12-11+;;. The van der Waals surface area contributed by atoms with Crippen molar-refractivity contribution in [2.45, 2.75) is 53.8 Å². The van der Waals surface area contributed by atoms with Crippen LogP contribution in [0, 0.1) is 11.8 Å². The first-order valence-corrected chi connectivity index (χ1v) is 10.5. The Hall–Kier alpha value is -1.05. The fourth-order valence-corrected chi connectivity index (χ4v) is 3.11. The molecule has 0 amide bonds. The second-order valence-electron chi connectivity index (χ2n) is 4.08. The number of nitrogens with zero attached hydrogens (tertiary/aromatic N) is 2. The molecule has 0 aliphatic carbocycles. The van der Waals surface area contributed by atoms with Gasteiger partial charge >= 0.3 is 0 Å². The van der Waals surface area contributed by atoms with Crippen molar-refractivity contribution < 1.29 is 0 Å². The van der Waals surface area contributed by atoms with Crippen LogP contribution in [0.4, 0.5) is 0 Å². The molecule has 0 N–H and O–H groups in total. The van der Waals surface area contributed by atoms with E-state index >= 15 is 0 Å². The number of aromatic nitrogens is 2. The van der Waals surface area contributed by atoms with Gasteiger partial charge in [0.15, 0.2) is 0 Å². The van der Waals surface area contributed by atoms with Crippen LogP contribution in [-0.4, -0.2) is 21.1 Å². The van der Waals surface area contributed by atoms with Crippen molar-refractivity contribution in [3.05, 3.63) is 34.8 Å². The first-order valence-electron chi connectivity index (χ1n) is 8.42. The molecule has 23 heavy (non-hydrogen) atoms. The van der Waals surface area contributed by atoms with Gasteiger partial charge in [-0.2, -0.15) is 0 Å². The van der Waals surface area contributed by atoms with Crippen LogP contribution in [0.1, 0.15) is 59.7 Å². The Balaban J connectivity index is 0.00000112. The molecule has 1 aliphatic heterocycles. The molecule has 0 radical (unpaired) electrons. The molecule has 1 unspecified atom stereocenters. The maximum atomic E-state index is 4.42. The maximum absolute atomic E-state index is 4.42. The highest BCUT2D eigenvalue weighted by atomic mass is 32.2. The number of allylic oxidation sites excluding steroid dienone is 2. The summed E-state index contributed by atoms with van der Waals surface area (Å²) in [5, 5.41) is 2.35. The summed E-state index contributed by atoms with van der Waals surface area (Å²) in [7, 11) is 0. The van der Waals surface area contributed by atoms with Crippen LogP contribution in [0.15, 0.2) is 28.9 Å². The van der Waals surface area contributed by atoms with E-state index in [0.717, 1.165) is 22.9 Å². The van der Waals surface area contributed by atoms with E-state index in [-0.39, 0.29) is 5.37 Å². The summed E-state index contributed by atoms with van der Waals surface area (Å²) in [6, 6.07) is 0. The third-order valence-electron chi connectivity index (χ3n) is 2.73. The number of rotatable bonds is 5. The van der Waals surface area contributed by atoms with Crippen LogP contribution in [-0.2, 0) is 0 Å². The number of imidazole rings is 1. The Morgan fingerprint density at radius 3 is 2.57 bits per heavy atom. The van der Waals surface area contributed by atoms with Crippen LogP contribution >= 0.6 is 23.5 Å². The maximum Gasteiger partial charge on any atom is 0.143 e. The van der Waals surface area contributed by atoms with Crippen molar-refractivity contribution in [1.82, 2.24) is 9.55 Å². The summed E-state index contributed by atoms with van der Waals surface area (Å²) in [4.78, 5) is 4.42. The predicted octanol–water partition coefficient (Wildman–Crippen LogP) is 6.24. The first kappa shape index (κ1) is 21.9. The summed E-state index contributed by atoms with van der Waals surface area (Å²) in [6.07, 6.45) is 5.95. The fourth-order valence-electron chi connectivity index (χ4n) is 1.77. The molecule has 2 rings (SSSR count). The molecule has 1 atom stereocenters. The van der Waals surface area contributed by atoms with Gasteiger partial charge in [-0.1, -0.05) is 53.4 Å². The van der Waals surface area contributed by atoms with Crippen LogP contribution in [0.5, 0.6) is 0 Å². The van der Waals surface area contributed by atoms with E-state index in [2.05, 4.69) is 53.6 Å². The molecule has 0 fully saturated rings. The van der Waals surface area contributed by atoms with Gasteiger partial charge in [0.1, 0.15) is 11.2 Å². The minimum atomic E-state index is 0.169. The molecule has 0 saturated heterocycles. The molecule has 1 aliphatic rings. The second kappa shape index (κ2) is 13.4. The smallest absolute Gasteiger partial charge is 0.143 e. The van der Waals surface area contributed by atoms with E-state index < -0.39 is 0 Å². The van der Waals surface area contributed by atoms with Crippen LogP contribution in [0.2, 0.25) is 0 Å². The van der Waals surface area contributed by atoms with Crippen molar-refractivity contribution in [2.75, 3.05) is 11.5 Å². The third-order valence-corrected chi connectivity index (χ3v) is 4.58. The van der Waals surface area contributed by atoms with Gasteiger partial charge in [0.25, 0.3) is 0 Å². The summed E-state index contributed by atoms with van der Waals surface area (Å²) >= 11 is 3.64. The van der Waals surface area contributed by atoms with Crippen molar-refractivity contribution in [2.24, 2.45) is 0 Å². The minimum absolute atomic E-state index is 0.169. The first-order chi connectivity index (χ1) is 11.3. The molecule has 0 saturated carbocycles. The molecule has 2 nitrogen and oxygen atoms in total. The summed E-state index contributed by atoms with van der Waals surface area (Å²) in [5.74, 6) is 9.77. The summed E-state index contributed by atoms with van der Waals surface area (Å²) in [5.41, 5.74) is 2.30. The normalized spacial score (nSPS) is 15.5. The van der Waals surface area contributed by atoms with E-state index in [0.29, 0.717) is 0 Å². The van der Waals surface area contributed by atoms with Crippen molar-refractivity contribution in [3.63, 3.8) is 0 Å². The van der Waals surface area contributed by atoms with Gasteiger partial charge in [0.05, 0.1) is 0 Å². The highest BCUT2D eigenvalue weighted by Crippen LogP contribution is 2.27. The number of hydrogen-bond acceptors (Lipinski definition) is 3. The molecule has 1 aromatic rings. The SMILES string of the molecule is CC.CC.CCS/C=C(\C)C1=Cc2nccn2C(SCC)C#C1. The quantitative estimate of drug-likeness (QED) is 0.585. The number of thioether (sulfide) groups is 2. The van der Waals surface area contributed by atoms with Crippen molar-refractivity contribution in [3.8, 4) is 11.8 Å². The minimum Gasteiger partial charge on any atom is -0.308 e. The lowest BCUT2D eigenvalue weighted by molar-refractivity contribution is 0.808. The fraction of sp³-hybridized carbons (Fsp3) is 0.526. The lowest BCUT2D eigenvalue weighted by Crippen LogP contribution is -2.03. The average molecular weight is 351 g/mol. The van der Waals surface area contributed by atoms with Gasteiger partial charge in [-0.25, -0.2) is 4.98 Å². The van der Waals surface area contributed by atoms with Crippen LogP contribution in [0.25, 0.3) is 6.08 Å². The molecule has 2 heterocycles. The molecular weight excluding hydrogens is 320 g/mol. The largest absolute Gasteiger partial charge is 0.308 e. The van der Waals surface area contributed by atoms with Gasteiger partial charge in [-0.15, -0.1) is 23.5 Å². The Labute approximate surface area is 151 Å². The van der Waals surface area contributed by atoms with E-state index in [1.807, 2.05) is 63.6 Å². The van der Waals surface area contributed by atoms with E-state index in [9.17, 15) is 0 Å². The third kappa shape index (κ3) is 6.93. The predicted molar refractivity (Wildman–Crippen MR) is 110 cm³/mol. The van der Waals surface area contributed by atoms with E-state index in [4.69, 9.17) is 0 Å². The van der Waals surface area contributed by atoms with Crippen molar-refractivity contribution >= 4 is 29.6 Å². The molecular formula is C19H30N2S2. The van der Waals surface area contributed by atoms with Crippen molar-refractivity contribution in [1.29, 1.82) is 0 Å². The molecule has 4 heteroatoms. The number of fused-ring (bicyclic) bond motifs is 1. The summed E-state index contributed by atoms with van der Waals surface area (Å²) < 4.78 is 2.15. The average Bonchev–Trinajstić information content (AvgIpc) is 3.00. The second-order valence-corrected chi connectivity index (χ2v) is 6.59. The zero-order valence-electron chi connectivity index (χ0n) is 15.5. The Kier molecular flexibility index (Phi) is 12.8. The van der Waals surface area contributed by atoms with Gasteiger partial charge in [0, 0.05) is 18.0 Å². The molecule has 0 bridgehead atoms. The van der Waals surface area contributed by atoms with Crippen LogP contribution in [0.3, 0.4) is 0 Å². The monoisotopic (exact) mass is 350 g/mol. The highest BCUT2D eigenvalue weighted by Gasteiger charge is 2.14. The summed E-state index contributed by atoms with van der Waals surface area (Å²) in [6.45, 7) is 14.4. The molecule has 0 spiro atoms. The highest BCUT2D eigenvalue weighted by molar-refractivity contribution is 8.02. The van der Waals surface area contributed by atoms with E-state index in [1.165, 1.54) is 5.57 Å². The zero-order valence-corrected chi connectivity index (χ0v) is 17.1. The van der Waals surface area contributed by atoms with E-state index in [1.54, 1.807) is 0 Å².